The first-order valence-electron chi connectivity index (χ1n) is 9.35. The normalized spacial score (nSPS) is 12.7. The Balaban J connectivity index is 2.20. The summed E-state index contributed by atoms with van der Waals surface area (Å²) in [5, 5.41) is 0. The van der Waals surface area contributed by atoms with Crippen molar-refractivity contribution in [2.45, 2.75) is 97.3 Å². The second-order valence-electron chi connectivity index (χ2n) is 6.49. The average molecular weight is 293 g/mol. The van der Waals surface area contributed by atoms with Crippen LogP contribution in [-0.4, -0.2) is 9.97 Å². The van der Waals surface area contributed by atoms with E-state index in [2.05, 4.69) is 23.8 Å². The quantitative estimate of drug-likeness (QED) is 0.401. The number of H-pyrrole nitrogens is 1. The lowest BCUT2D eigenvalue weighted by Gasteiger charge is -2.16. The fraction of sp³-hybridized carbons (Fsp3) is 0.842. The molecule has 0 aromatic carbocycles. The number of aryl methyl sites for hydroxylation is 1. The maximum Gasteiger partial charge on any atom is 0.106 e. The van der Waals surface area contributed by atoms with Gasteiger partial charge in [0.15, 0.2) is 0 Å². The van der Waals surface area contributed by atoms with E-state index in [9.17, 15) is 0 Å². The molecule has 1 unspecified atom stereocenters. The van der Waals surface area contributed by atoms with Gasteiger partial charge in [-0.1, -0.05) is 84.5 Å². The summed E-state index contributed by atoms with van der Waals surface area (Å²) in [5.74, 6) is 2.08. The van der Waals surface area contributed by atoms with Gasteiger partial charge in [-0.05, 0) is 12.3 Å². The fourth-order valence-electron chi connectivity index (χ4n) is 3.10. The number of nitrogens with zero attached hydrogens (tertiary/aromatic N) is 1. The molecule has 0 aliphatic carbocycles. The maximum atomic E-state index is 4.36. The van der Waals surface area contributed by atoms with Crippen molar-refractivity contribution in [1.82, 2.24) is 9.97 Å². The maximum absolute atomic E-state index is 4.36. The molecule has 1 aromatic rings. The Morgan fingerprint density at radius 1 is 0.857 bits per heavy atom. The molecule has 0 saturated carbocycles. The molecule has 1 atom stereocenters. The smallest absolute Gasteiger partial charge is 0.106 e. The van der Waals surface area contributed by atoms with Gasteiger partial charge in [-0.15, -0.1) is 0 Å². The highest BCUT2D eigenvalue weighted by Crippen LogP contribution is 2.23. The summed E-state index contributed by atoms with van der Waals surface area (Å²) in [6.07, 6.45) is 21.7. The fourth-order valence-corrected chi connectivity index (χ4v) is 3.10. The predicted molar refractivity (Wildman–Crippen MR) is 92.5 cm³/mol. The zero-order valence-electron chi connectivity index (χ0n) is 14.4. The van der Waals surface area contributed by atoms with E-state index in [1.165, 1.54) is 82.9 Å². The van der Waals surface area contributed by atoms with Crippen molar-refractivity contribution in [3.63, 3.8) is 0 Å². The number of imidazole rings is 1. The summed E-state index contributed by atoms with van der Waals surface area (Å²) in [6.45, 7) is 4.59. The molecule has 0 saturated heterocycles. The monoisotopic (exact) mass is 292 g/mol. The molecule has 1 N–H and O–H groups in total. The molecule has 1 heterocycles. The van der Waals surface area contributed by atoms with Crippen molar-refractivity contribution in [1.29, 1.82) is 0 Å². The van der Waals surface area contributed by atoms with Crippen molar-refractivity contribution in [2.75, 3.05) is 0 Å². The van der Waals surface area contributed by atoms with Gasteiger partial charge in [0.25, 0.3) is 0 Å². The van der Waals surface area contributed by atoms with E-state index in [1.54, 1.807) is 0 Å². The molecule has 2 nitrogen and oxygen atoms in total. The number of unbranched alkanes of at least 4 members (excludes halogenated alkanes) is 7. The number of hydrogen-bond donors (Lipinski definition) is 1. The second-order valence-corrected chi connectivity index (χ2v) is 6.49. The molecule has 1 aromatic heterocycles. The van der Waals surface area contributed by atoms with E-state index in [0.717, 1.165) is 12.3 Å². The molecule has 0 fully saturated rings. The van der Waals surface area contributed by atoms with Crippen LogP contribution in [-0.2, 0) is 6.42 Å². The van der Waals surface area contributed by atoms with E-state index in [-0.39, 0.29) is 0 Å². The minimum Gasteiger partial charge on any atom is -0.349 e. The van der Waals surface area contributed by atoms with Crippen LogP contribution in [0.15, 0.2) is 12.4 Å². The number of nitrogens with one attached hydrogen (secondary N) is 1. The van der Waals surface area contributed by atoms with Crippen LogP contribution in [0.5, 0.6) is 0 Å². The van der Waals surface area contributed by atoms with Crippen molar-refractivity contribution >= 4 is 0 Å². The van der Waals surface area contributed by atoms with Crippen LogP contribution in [0.25, 0.3) is 0 Å². The summed E-state index contributed by atoms with van der Waals surface area (Å²) in [6, 6.07) is 0. The molecule has 2 heteroatoms. The highest BCUT2D eigenvalue weighted by Gasteiger charge is 2.09. The van der Waals surface area contributed by atoms with Gasteiger partial charge in [0.05, 0.1) is 0 Å². The summed E-state index contributed by atoms with van der Waals surface area (Å²) in [4.78, 5) is 7.60. The second kappa shape index (κ2) is 12.9. The zero-order valence-corrected chi connectivity index (χ0v) is 14.4. The Morgan fingerprint density at radius 3 is 2.05 bits per heavy atom. The van der Waals surface area contributed by atoms with E-state index in [0.29, 0.717) is 0 Å². The predicted octanol–water partition coefficient (Wildman–Crippen LogP) is 6.29. The minimum atomic E-state index is 0.911. The van der Waals surface area contributed by atoms with E-state index < -0.39 is 0 Å². The Bertz CT molecular complexity index is 305. The summed E-state index contributed by atoms with van der Waals surface area (Å²) in [7, 11) is 0. The van der Waals surface area contributed by atoms with Gasteiger partial charge in [0.1, 0.15) is 5.82 Å². The third kappa shape index (κ3) is 9.71. The zero-order chi connectivity index (χ0) is 15.2. The number of aromatic amines is 1. The SMILES string of the molecule is CCCCCCCC(CCCCCC)CCc1ncc[nH]1. The Labute approximate surface area is 132 Å². The Hall–Kier alpha value is -0.790. The average Bonchev–Trinajstić information content (AvgIpc) is 3.01. The molecule has 0 aliphatic rings. The van der Waals surface area contributed by atoms with E-state index >= 15 is 0 Å². The molecule has 21 heavy (non-hydrogen) atoms. The van der Waals surface area contributed by atoms with Crippen molar-refractivity contribution in [2.24, 2.45) is 5.92 Å². The van der Waals surface area contributed by atoms with Crippen molar-refractivity contribution in [3.8, 4) is 0 Å². The highest BCUT2D eigenvalue weighted by molar-refractivity contribution is 4.87. The molecule has 1 rings (SSSR count). The molecule has 0 bridgehead atoms. The standard InChI is InChI=1S/C19H36N2/c1-3-5-7-9-11-13-18(12-10-8-6-4-2)14-15-19-20-16-17-21-19/h16-18H,3-15H2,1-2H3,(H,20,21). The topological polar surface area (TPSA) is 28.7 Å². The lowest BCUT2D eigenvalue weighted by molar-refractivity contribution is 0.380. The van der Waals surface area contributed by atoms with E-state index in [1.807, 2.05) is 12.4 Å². The summed E-state index contributed by atoms with van der Waals surface area (Å²) in [5.41, 5.74) is 0. The lowest BCUT2D eigenvalue weighted by Crippen LogP contribution is -2.04. The van der Waals surface area contributed by atoms with Crippen LogP contribution >= 0.6 is 0 Å². The number of aromatic nitrogens is 2. The molecule has 0 aliphatic heterocycles. The Kier molecular flexibility index (Phi) is 11.2. The van der Waals surface area contributed by atoms with Crippen molar-refractivity contribution in [3.05, 3.63) is 18.2 Å². The third-order valence-corrected chi connectivity index (χ3v) is 4.53. The molecule has 0 amide bonds. The van der Waals surface area contributed by atoms with Gasteiger partial charge >= 0.3 is 0 Å². The highest BCUT2D eigenvalue weighted by atomic mass is 14.9. The minimum absolute atomic E-state index is 0.911. The van der Waals surface area contributed by atoms with Gasteiger partial charge in [-0.3, -0.25) is 0 Å². The van der Waals surface area contributed by atoms with Crippen LogP contribution in [0.1, 0.15) is 96.7 Å². The molecule has 0 radical (unpaired) electrons. The first-order chi connectivity index (χ1) is 10.4. The Morgan fingerprint density at radius 2 is 1.48 bits per heavy atom. The number of hydrogen-bond acceptors (Lipinski definition) is 1. The molecule has 0 spiro atoms. The molecular weight excluding hydrogens is 256 g/mol. The third-order valence-electron chi connectivity index (χ3n) is 4.53. The first kappa shape index (κ1) is 18.3. The lowest BCUT2D eigenvalue weighted by atomic mass is 9.90. The number of rotatable bonds is 14. The van der Waals surface area contributed by atoms with Crippen LogP contribution in [0.3, 0.4) is 0 Å². The van der Waals surface area contributed by atoms with Gasteiger partial charge in [0, 0.05) is 18.8 Å². The summed E-state index contributed by atoms with van der Waals surface area (Å²) < 4.78 is 0. The van der Waals surface area contributed by atoms with Gasteiger partial charge < -0.3 is 4.98 Å². The molecule has 122 valence electrons. The van der Waals surface area contributed by atoms with E-state index in [4.69, 9.17) is 0 Å². The largest absolute Gasteiger partial charge is 0.349 e. The van der Waals surface area contributed by atoms with Crippen LogP contribution in [0, 0.1) is 5.92 Å². The van der Waals surface area contributed by atoms with Crippen LogP contribution < -0.4 is 0 Å². The summed E-state index contributed by atoms with van der Waals surface area (Å²) >= 11 is 0. The van der Waals surface area contributed by atoms with Gasteiger partial charge in [-0.25, -0.2) is 4.98 Å². The van der Waals surface area contributed by atoms with Crippen LogP contribution in [0.2, 0.25) is 0 Å². The van der Waals surface area contributed by atoms with Gasteiger partial charge in [0.2, 0.25) is 0 Å². The van der Waals surface area contributed by atoms with Crippen LogP contribution in [0.4, 0.5) is 0 Å². The molecular formula is C19H36N2. The van der Waals surface area contributed by atoms with Gasteiger partial charge in [-0.2, -0.15) is 0 Å². The van der Waals surface area contributed by atoms with Crippen molar-refractivity contribution < 1.29 is 0 Å². The first-order valence-corrected chi connectivity index (χ1v) is 9.35.